The van der Waals surface area contributed by atoms with E-state index in [2.05, 4.69) is 16.0 Å². The number of amides is 1. The van der Waals surface area contributed by atoms with E-state index in [9.17, 15) is 4.79 Å². The monoisotopic (exact) mass is 277 g/mol. The SMILES string of the molecule is CC1C(=O)N(C)c2ccccc2-c2ccnc3[nH]cc1c23. The Labute approximate surface area is 122 Å². The predicted molar refractivity (Wildman–Crippen MR) is 83.4 cm³/mol. The van der Waals surface area contributed by atoms with E-state index in [1.54, 1.807) is 4.90 Å². The van der Waals surface area contributed by atoms with Crippen molar-refractivity contribution in [2.24, 2.45) is 0 Å². The highest BCUT2D eigenvalue weighted by atomic mass is 16.2. The molecule has 0 saturated carbocycles. The van der Waals surface area contributed by atoms with Crippen LogP contribution in [0.3, 0.4) is 0 Å². The van der Waals surface area contributed by atoms with Crippen LogP contribution in [0, 0.1) is 0 Å². The van der Waals surface area contributed by atoms with Crippen molar-refractivity contribution in [3.05, 3.63) is 48.3 Å². The van der Waals surface area contributed by atoms with E-state index in [1.165, 1.54) is 0 Å². The van der Waals surface area contributed by atoms with Gasteiger partial charge in [0.25, 0.3) is 0 Å². The van der Waals surface area contributed by atoms with Crippen LogP contribution in [0.5, 0.6) is 0 Å². The minimum absolute atomic E-state index is 0.0952. The van der Waals surface area contributed by atoms with E-state index in [-0.39, 0.29) is 11.8 Å². The van der Waals surface area contributed by atoms with Crippen LogP contribution in [-0.2, 0) is 4.79 Å². The maximum atomic E-state index is 12.7. The number of H-pyrrole nitrogens is 1. The number of nitrogens with one attached hydrogen (secondary N) is 1. The highest BCUT2D eigenvalue weighted by Gasteiger charge is 2.28. The lowest BCUT2D eigenvalue weighted by Gasteiger charge is -2.27. The summed E-state index contributed by atoms with van der Waals surface area (Å²) in [5.41, 5.74) is 4.97. The molecule has 104 valence electrons. The van der Waals surface area contributed by atoms with Gasteiger partial charge in [-0.05, 0) is 30.2 Å². The summed E-state index contributed by atoms with van der Waals surface area (Å²) in [5.74, 6) is -0.0992. The number of carbonyl (C=O) groups excluding carboxylic acids is 1. The molecule has 21 heavy (non-hydrogen) atoms. The van der Waals surface area contributed by atoms with Gasteiger partial charge in [0.05, 0.1) is 11.6 Å². The summed E-state index contributed by atoms with van der Waals surface area (Å²) >= 11 is 0. The van der Waals surface area contributed by atoms with Gasteiger partial charge in [-0.25, -0.2) is 4.98 Å². The zero-order valence-corrected chi connectivity index (χ0v) is 11.9. The van der Waals surface area contributed by atoms with Crippen LogP contribution in [0.1, 0.15) is 18.4 Å². The molecule has 1 unspecified atom stereocenters. The number of nitrogens with zero attached hydrogens (tertiary/aromatic N) is 2. The molecule has 0 radical (unpaired) electrons. The molecule has 0 fully saturated rings. The van der Waals surface area contributed by atoms with Crippen molar-refractivity contribution in [3.63, 3.8) is 0 Å². The third-order valence-electron chi connectivity index (χ3n) is 4.33. The molecule has 3 aromatic rings. The number of para-hydroxylation sites is 1. The molecule has 4 heteroatoms. The fourth-order valence-corrected chi connectivity index (χ4v) is 3.18. The van der Waals surface area contributed by atoms with E-state index in [1.807, 2.05) is 50.6 Å². The molecule has 1 aliphatic heterocycles. The third-order valence-corrected chi connectivity index (χ3v) is 4.33. The average Bonchev–Trinajstić information content (AvgIpc) is 2.96. The van der Waals surface area contributed by atoms with Gasteiger partial charge in [0.15, 0.2) is 0 Å². The van der Waals surface area contributed by atoms with E-state index in [0.717, 1.165) is 33.4 Å². The Balaban J connectivity index is 2.19. The lowest BCUT2D eigenvalue weighted by Crippen LogP contribution is -2.31. The van der Waals surface area contributed by atoms with Crippen LogP contribution in [0.2, 0.25) is 0 Å². The lowest BCUT2D eigenvalue weighted by molar-refractivity contribution is -0.119. The Hall–Kier alpha value is -2.62. The van der Waals surface area contributed by atoms with Gasteiger partial charge in [-0.15, -0.1) is 0 Å². The minimum Gasteiger partial charge on any atom is -0.346 e. The van der Waals surface area contributed by atoms with Gasteiger partial charge < -0.3 is 9.88 Å². The molecule has 0 bridgehead atoms. The van der Waals surface area contributed by atoms with Crippen LogP contribution >= 0.6 is 0 Å². The number of aromatic amines is 1. The molecule has 1 aromatic carbocycles. The first-order valence-corrected chi connectivity index (χ1v) is 7.01. The molecule has 0 saturated heterocycles. The zero-order chi connectivity index (χ0) is 14.6. The molecular weight excluding hydrogens is 262 g/mol. The Bertz CT molecular complexity index is 865. The second kappa shape index (κ2) is 4.19. The number of aromatic nitrogens is 2. The van der Waals surface area contributed by atoms with Crippen LogP contribution in [-0.4, -0.2) is 22.9 Å². The topological polar surface area (TPSA) is 49.0 Å². The van der Waals surface area contributed by atoms with Crippen molar-refractivity contribution in [2.75, 3.05) is 11.9 Å². The zero-order valence-electron chi connectivity index (χ0n) is 11.9. The summed E-state index contributed by atoms with van der Waals surface area (Å²) in [7, 11) is 1.84. The summed E-state index contributed by atoms with van der Waals surface area (Å²) in [4.78, 5) is 22.0. The number of anilines is 1. The second-order valence-corrected chi connectivity index (χ2v) is 5.46. The summed E-state index contributed by atoms with van der Waals surface area (Å²) in [6, 6.07) is 10.0. The maximum Gasteiger partial charge on any atom is 0.234 e. The second-order valence-electron chi connectivity index (χ2n) is 5.46. The molecule has 4 nitrogen and oxygen atoms in total. The minimum atomic E-state index is -0.194. The number of carbonyl (C=O) groups is 1. The Morgan fingerprint density at radius 2 is 2.00 bits per heavy atom. The van der Waals surface area contributed by atoms with Gasteiger partial charge in [-0.3, -0.25) is 4.79 Å². The largest absolute Gasteiger partial charge is 0.346 e. The van der Waals surface area contributed by atoms with Crippen molar-refractivity contribution < 1.29 is 4.79 Å². The van der Waals surface area contributed by atoms with Gasteiger partial charge in [0.2, 0.25) is 5.91 Å². The Morgan fingerprint density at radius 3 is 2.86 bits per heavy atom. The quantitative estimate of drug-likeness (QED) is 0.685. The smallest absolute Gasteiger partial charge is 0.234 e. The number of pyridine rings is 1. The third kappa shape index (κ3) is 1.56. The van der Waals surface area contributed by atoms with Gasteiger partial charge in [-0.1, -0.05) is 18.2 Å². The van der Waals surface area contributed by atoms with Gasteiger partial charge in [0.1, 0.15) is 5.65 Å². The first-order valence-electron chi connectivity index (χ1n) is 7.01. The summed E-state index contributed by atoms with van der Waals surface area (Å²) < 4.78 is 0. The van der Waals surface area contributed by atoms with Crippen molar-refractivity contribution in [3.8, 4) is 11.1 Å². The highest BCUT2D eigenvalue weighted by Crippen LogP contribution is 2.41. The lowest BCUT2D eigenvalue weighted by atomic mass is 9.91. The molecule has 1 atom stereocenters. The van der Waals surface area contributed by atoms with Crippen LogP contribution < -0.4 is 4.90 Å². The fraction of sp³-hybridized carbons (Fsp3) is 0.176. The Morgan fingerprint density at radius 1 is 1.19 bits per heavy atom. The van der Waals surface area contributed by atoms with Gasteiger partial charge >= 0.3 is 0 Å². The van der Waals surface area contributed by atoms with Crippen molar-refractivity contribution in [1.82, 2.24) is 9.97 Å². The van der Waals surface area contributed by atoms with Crippen LogP contribution in [0.25, 0.3) is 22.2 Å². The number of likely N-dealkylation sites (N-methyl/N-ethyl adjacent to an activating group) is 1. The highest BCUT2D eigenvalue weighted by molar-refractivity contribution is 6.09. The van der Waals surface area contributed by atoms with E-state index in [4.69, 9.17) is 0 Å². The summed E-state index contributed by atoms with van der Waals surface area (Å²) in [5, 5.41) is 1.05. The predicted octanol–water partition coefficient (Wildman–Crippen LogP) is 3.31. The number of rotatable bonds is 0. The molecule has 0 aliphatic carbocycles. The molecular formula is C17H15N3O. The number of fused-ring (bicyclic) bond motifs is 2. The van der Waals surface area contributed by atoms with Crippen LogP contribution in [0.15, 0.2) is 42.7 Å². The van der Waals surface area contributed by atoms with Crippen molar-refractivity contribution in [1.29, 1.82) is 0 Å². The maximum absolute atomic E-state index is 12.7. The molecule has 1 aliphatic rings. The summed E-state index contributed by atoms with van der Waals surface area (Å²) in [6.07, 6.45) is 3.72. The molecule has 2 aromatic heterocycles. The van der Waals surface area contributed by atoms with Crippen molar-refractivity contribution in [2.45, 2.75) is 12.8 Å². The number of hydrogen-bond acceptors (Lipinski definition) is 2. The molecule has 3 heterocycles. The van der Waals surface area contributed by atoms with Gasteiger partial charge in [-0.2, -0.15) is 0 Å². The number of hydrogen-bond donors (Lipinski definition) is 1. The van der Waals surface area contributed by atoms with E-state index in [0.29, 0.717) is 0 Å². The average molecular weight is 277 g/mol. The molecule has 0 spiro atoms. The molecule has 4 rings (SSSR count). The van der Waals surface area contributed by atoms with Crippen molar-refractivity contribution >= 4 is 22.6 Å². The fourth-order valence-electron chi connectivity index (χ4n) is 3.18. The van der Waals surface area contributed by atoms with Gasteiger partial charge in [0, 0.05) is 30.4 Å². The first kappa shape index (κ1) is 12.1. The molecule has 1 N–H and O–H groups in total. The Kier molecular flexibility index (Phi) is 2.42. The normalized spacial score (nSPS) is 17.5. The number of benzene rings is 1. The molecule has 1 amide bonds. The summed E-state index contributed by atoms with van der Waals surface area (Å²) in [6.45, 7) is 1.95. The van der Waals surface area contributed by atoms with E-state index >= 15 is 0 Å². The van der Waals surface area contributed by atoms with Crippen LogP contribution in [0.4, 0.5) is 5.69 Å². The standard InChI is InChI=1S/C17H15N3O/c1-10-13-9-19-16-15(13)12(7-8-18-16)11-5-3-4-6-14(11)20(2)17(10)21/h3-10H,1-2H3,(H,18,19). The van der Waals surface area contributed by atoms with E-state index < -0.39 is 0 Å². The first-order chi connectivity index (χ1) is 10.2.